The Bertz CT molecular complexity index is 152. The lowest BCUT2D eigenvalue weighted by Gasteiger charge is -2.21. The number of aliphatic hydroxyl groups excluding tert-OH is 1. The van der Waals surface area contributed by atoms with Gasteiger partial charge in [-0.1, -0.05) is 18.9 Å². The van der Waals surface area contributed by atoms with Gasteiger partial charge in [0.1, 0.15) is 0 Å². The SMILES string of the molecule is C=CCC(CO)N(S)C(N)=O. The first-order valence-corrected chi connectivity index (χ1v) is 3.52. The van der Waals surface area contributed by atoms with Crippen LogP contribution in [-0.2, 0) is 0 Å². The summed E-state index contributed by atoms with van der Waals surface area (Å²) in [6, 6.07) is -1.05. The lowest BCUT2D eigenvalue weighted by molar-refractivity contribution is 0.189. The molecule has 0 fully saturated rings. The highest BCUT2D eigenvalue weighted by atomic mass is 32.1. The molecule has 0 saturated carbocycles. The number of urea groups is 1. The molecule has 64 valence electrons. The van der Waals surface area contributed by atoms with Crippen molar-refractivity contribution in [1.82, 2.24) is 4.31 Å². The number of carbonyl (C=O) groups excluding carboxylic acids is 1. The summed E-state index contributed by atoms with van der Waals surface area (Å²) < 4.78 is 0.988. The zero-order chi connectivity index (χ0) is 8.85. The van der Waals surface area contributed by atoms with Crippen LogP contribution in [0.4, 0.5) is 4.79 Å². The number of amides is 2. The third-order valence-electron chi connectivity index (χ3n) is 1.22. The van der Waals surface area contributed by atoms with Crippen molar-refractivity contribution >= 4 is 18.8 Å². The molecule has 0 rings (SSSR count). The zero-order valence-electron chi connectivity index (χ0n) is 6.10. The van der Waals surface area contributed by atoms with E-state index in [0.29, 0.717) is 6.42 Å². The molecule has 0 aliphatic heterocycles. The van der Waals surface area contributed by atoms with E-state index in [1.807, 2.05) is 0 Å². The highest BCUT2D eigenvalue weighted by Gasteiger charge is 2.15. The van der Waals surface area contributed by atoms with E-state index >= 15 is 0 Å². The molecule has 0 aromatic carbocycles. The normalized spacial score (nSPS) is 12.2. The number of nitrogens with two attached hydrogens (primary N) is 1. The van der Waals surface area contributed by atoms with Crippen LogP contribution in [0.2, 0.25) is 0 Å². The van der Waals surface area contributed by atoms with Crippen molar-refractivity contribution in [2.24, 2.45) is 5.73 Å². The van der Waals surface area contributed by atoms with Crippen LogP contribution in [0.25, 0.3) is 0 Å². The second-order valence-electron chi connectivity index (χ2n) is 2.04. The number of hydrogen-bond donors (Lipinski definition) is 3. The molecule has 0 saturated heterocycles. The van der Waals surface area contributed by atoms with Crippen molar-refractivity contribution in [2.45, 2.75) is 12.5 Å². The molecule has 1 atom stereocenters. The average molecular weight is 176 g/mol. The monoisotopic (exact) mass is 176 g/mol. The van der Waals surface area contributed by atoms with E-state index in [4.69, 9.17) is 10.8 Å². The van der Waals surface area contributed by atoms with Crippen LogP contribution in [0.15, 0.2) is 12.7 Å². The van der Waals surface area contributed by atoms with Crippen LogP contribution in [0, 0.1) is 0 Å². The summed E-state index contributed by atoms with van der Waals surface area (Å²) in [4.78, 5) is 10.5. The molecular weight excluding hydrogens is 164 g/mol. The van der Waals surface area contributed by atoms with Crippen molar-refractivity contribution in [3.8, 4) is 0 Å². The van der Waals surface area contributed by atoms with E-state index in [-0.39, 0.29) is 12.6 Å². The summed E-state index contributed by atoms with van der Waals surface area (Å²) >= 11 is 3.78. The number of thiol groups is 1. The van der Waals surface area contributed by atoms with E-state index < -0.39 is 6.03 Å². The fourth-order valence-corrected chi connectivity index (χ4v) is 0.791. The smallest absolute Gasteiger partial charge is 0.324 e. The number of aliphatic hydroxyl groups is 1. The van der Waals surface area contributed by atoms with Gasteiger partial charge in [-0.05, 0) is 6.42 Å². The molecule has 0 aromatic heterocycles. The van der Waals surface area contributed by atoms with Gasteiger partial charge in [0.2, 0.25) is 0 Å². The summed E-state index contributed by atoms with van der Waals surface area (Å²) in [6.45, 7) is 3.30. The molecule has 0 spiro atoms. The Balaban J connectivity index is 4.00. The molecule has 5 heteroatoms. The average Bonchev–Trinajstić information content (AvgIpc) is 1.98. The highest BCUT2D eigenvalue weighted by Crippen LogP contribution is 2.06. The van der Waals surface area contributed by atoms with Crippen molar-refractivity contribution in [3.63, 3.8) is 0 Å². The fraction of sp³-hybridized carbons (Fsp3) is 0.500. The number of hydrogen-bond acceptors (Lipinski definition) is 3. The fourth-order valence-electron chi connectivity index (χ4n) is 0.624. The third-order valence-corrected chi connectivity index (χ3v) is 1.74. The van der Waals surface area contributed by atoms with Crippen LogP contribution in [0.5, 0.6) is 0 Å². The molecule has 0 aliphatic rings. The standard InChI is InChI=1S/C6H12N2O2S/c1-2-3-5(4-9)8(11)6(7)10/h2,5,9,11H,1,3-4H2,(H2,7,10). The first kappa shape index (κ1) is 10.3. The Hall–Kier alpha value is -0.680. The summed E-state index contributed by atoms with van der Waals surface area (Å²) in [5, 5.41) is 8.73. The first-order valence-electron chi connectivity index (χ1n) is 3.12. The lowest BCUT2D eigenvalue weighted by Crippen LogP contribution is -2.38. The maximum atomic E-state index is 10.5. The molecule has 1 unspecified atom stereocenters. The number of primary amides is 1. The predicted octanol–water partition coefficient (Wildman–Crippen LogP) is 0.149. The highest BCUT2D eigenvalue weighted by molar-refractivity contribution is 7.78. The first-order chi connectivity index (χ1) is 5.13. The van der Waals surface area contributed by atoms with Gasteiger partial charge in [-0.2, -0.15) is 0 Å². The predicted molar refractivity (Wildman–Crippen MR) is 46.1 cm³/mol. The minimum atomic E-state index is -0.672. The summed E-state index contributed by atoms with van der Waals surface area (Å²) in [5.74, 6) is 0. The van der Waals surface area contributed by atoms with E-state index in [1.165, 1.54) is 0 Å². The molecule has 0 bridgehead atoms. The molecule has 3 N–H and O–H groups in total. The van der Waals surface area contributed by atoms with Gasteiger partial charge in [0.05, 0.1) is 12.6 Å². The van der Waals surface area contributed by atoms with Gasteiger partial charge in [-0.25, -0.2) is 4.79 Å². The van der Waals surface area contributed by atoms with Crippen molar-refractivity contribution in [2.75, 3.05) is 6.61 Å². The maximum Gasteiger partial charge on any atom is 0.324 e. The second kappa shape index (κ2) is 5.03. The van der Waals surface area contributed by atoms with Gasteiger partial charge in [0.15, 0.2) is 0 Å². The molecule has 11 heavy (non-hydrogen) atoms. The van der Waals surface area contributed by atoms with Crippen molar-refractivity contribution in [1.29, 1.82) is 0 Å². The lowest BCUT2D eigenvalue weighted by atomic mass is 10.2. The Morgan fingerprint density at radius 2 is 2.45 bits per heavy atom. The van der Waals surface area contributed by atoms with Gasteiger partial charge in [-0.15, -0.1) is 6.58 Å². The largest absolute Gasteiger partial charge is 0.394 e. The third kappa shape index (κ3) is 3.29. The van der Waals surface area contributed by atoms with Crippen LogP contribution < -0.4 is 5.73 Å². The van der Waals surface area contributed by atoms with Crippen LogP contribution in [0.3, 0.4) is 0 Å². The van der Waals surface area contributed by atoms with Gasteiger partial charge in [-0.3, -0.25) is 4.31 Å². The Morgan fingerprint density at radius 1 is 1.91 bits per heavy atom. The van der Waals surface area contributed by atoms with E-state index in [0.717, 1.165) is 4.31 Å². The van der Waals surface area contributed by atoms with Gasteiger partial charge >= 0.3 is 6.03 Å². The van der Waals surface area contributed by atoms with Gasteiger partial charge < -0.3 is 10.8 Å². The molecule has 0 aromatic rings. The summed E-state index contributed by atoms with van der Waals surface area (Å²) in [6.07, 6.45) is 2.07. The van der Waals surface area contributed by atoms with Gasteiger partial charge in [0, 0.05) is 0 Å². The number of carbonyl (C=O) groups is 1. The molecule has 4 nitrogen and oxygen atoms in total. The Kier molecular flexibility index (Phi) is 4.72. The topological polar surface area (TPSA) is 66.6 Å². The van der Waals surface area contributed by atoms with Crippen molar-refractivity contribution in [3.05, 3.63) is 12.7 Å². The van der Waals surface area contributed by atoms with Crippen LogP contribution >= 0.6 is 12.8 Å². The minimum Gasteiger partial charge on any atom is -0.394 e. The Morgan fingerprint density at radius 3 is 2.73 bits per heavy atom. The van der Waals surface area contributed by atoms with E-state index in [9.17, 15) is 4.79 Å². The van der Waals surface area contributed by atoms with E-state index in [1.54, 1.807) is 6.08 Å². The van der Waals surface area contributed by atoms with Crippen LogP contribution in [0.1, 0.15) is 6.42 Å². The number of rotatable bonds is 4. The van der Waals surface area contributed by atoms with Crippen molar-refractivity contribution < 1.29 is 9.90 Å². The quantitative estimate of drug-likeness (QED) is 0.421. The summed E-state index contributed by atoms with van der Waals surface area (Å²) in [7, 11) is 0. The molecule has 2 amide bonds. The molecule has 0 aliphatic carbocycles. The zero-order valence-corrected chi connectivity index (χ0v) is 7.00. The van der Waals surface area contributed by atoms with E-state index in [2.05, 4.69) is 19.4 Å². The Labute approximate surface area is 71.2 Å². The number of nitrogens with zero attached hydrogens (tertiary/aromatic N) is 1. The second-order valence-corrected chi connectivity index (χ2v) is 2.47. The molecular formula is C6H12N2O2S. The van der Waals surface area contributed by atoms with Gasteiger partial charge in [0.25, 0.3) is 0 Å². The molecule has 0 radical (unpaired) electrons. The minimum absolute atomic E-state index is 0.168. The molecule has 0 heterocycles. The summed E-state index contributed by atoms with van der Waals surface area (Å²) in [5.41, 5.74) is 4.91. The van der Waals surface area contributed by atoms with Crippen LogP contribution in [-0.4, -0.2) is 28.1 Å². The maximum absolute atomic E-state index is 10.5.